The lowest BCUT2D eigenvalue weighted by Gasteiger charge is -2.12. The topological polar surface area (TPSA) is 67.2 Å². The van der Waals surface area contributed by atoms with Gasteiger partial charge in [-0.25, -0.2) is 4.98 Å². The Bertz CT molecular complexity index is 635. The lowest BCUT2D eigenvalue weighted by Crippen LogP contribution is -2.02. The summed E-state index contributed by atoms with van der Waals surface area (Å²) in [6.45, 7) is 0.583. The van der Waals surface area contributed by atoms with Crippen LogP contribution in [0.4, 0.5) is 5.69 Å². The first-order valence-corrected chi connectivity index (χ1v) is 6.07. The van der Waals surface area contributed by atoms with Crippen molar-refractivity contribution in [2.24, 2.45) is 0 Å². The zero-order valence-corrected chi connectivity index (χ0v) is 11.4. The van der Waals surface area contributed by atoms with Crippen LogP contribution in [-0.4, -0.2) is 19.2 Å². The Morgan fingerprint density at radius 3 is 2.75 bits per heavy atom. The Morgan fingerprint density at radius 1 is 1.20 bits per heavy atom. The Morgan fingerprint density at radius 2 is 2.05 bits per heavy atom. The summed E-state index contributed by atoms with van der Waals surface area (Å²) in [7, 11) is 3.22. The highest BCUT2D eigenvalue weighted by Crippen LogP contribution is 2.29. The molecular formula is C15H15N3O2. The van der Waals surface area contributed by atoms with Crippen molar-refractivity contribution in [2.45, 2.75) is 6.54 Å². The van der Waals surface area contributed by atoms with Crippen LogP contribution in [0.2, 0.25) is 0 Å². The first-order valence-electron chi connectivity index (χ1n) is 6.07. The van der Waals surface area contributed by atoms with Crippen molar-refractivity contribution < 1.29 is 9.47 Å². The second-order valence-electron chi connectivity index (χ2n) is 4.08. The van der Waals surface area contributed by atoms with E-state index in [0.29, 0.717) is 18.0 Å². The summed E-state index contributed by atoms with van der Waals surface area (Å²) in [6, 6.07) is 11.2. The zero-order chi connectivity index (χ0) is 14.4. The summed E-state index contributed by atoms with van der Waals surface area (Å²) < 4.78 is 10.5. The standard InChI is InChI=1S/C15H15N3O2/c1-19-13-3-4-14(15(8-13)20-2)18-10-11-5-6-17-12(7-11)9-16/h3-8,18H,10H2,1-2H3. The number of hydrogen-bond acceptors (Lipinski definition) is 5. The maximum absolute atomic E-state index is 8.82. The highest BCUT2D eigenvalue weighted by atomic mass is 16.5. The summed E-state index contributed by atoms with van der Waals surface area (Å²) in [6.07, 6.45) is 1.63. The molecule has 0 radical (unpaired) electrons. The van der Waals surface area contributed by atoms with E-state index in [9.17, 15) is 0 Å². The summed E-state index contributed by atoms with van der Waals surface area (Å²) in [5, 5.41) is 12.1. The van der Waals surface area contributed by atoms with Gasteiger partial charge in [0.05, 0.1) is 19.9 Å². The van der Waals surface area contributed by atoms with Gasteiger partial charge in [-0.15, -0.1) is 0 Å². The minimum atomic E-state index is 0.408. The van der Waals surface area contributed by atoms with E-state index in [2.05, 4.69) is 10.3 Å². The molecule has 0 aliphatic heterocycles. The summed E-state index contributed by atoms with van der Waals surface area (Å²) in [4.78, 5) is 3.94. The normalized spacial score (nSPS) is 9.65. The molecule has 2 aromatic rings. The van der Waals surface area contributed by atoms with Crippen molar-refractivity contribution in [2.75, 3.05) is 19.5 Å². The molecule has 0 aliphatic rings. The molecule has 0 fully saturated rings. The highest BCUT2D eigenvalue weighted by molar-refractivity contribution is 5.59. The van der Waals surface area contributed by atoms with Gasteiger partial charge >= 0.3 is 0 Å². The smallest absolute Gasteiger partial charge is 0.145 e. The fourth-order valence-electron chi connectivity index (χ4n) is 1.79. The van der Waals surface area contributed by atoms with Gasteiger partial charge in [0.2, 0.25) is 0 Å². The van der Waals surface area contributed by atoms with Gasteiger partial charge in [0.25, 0.3) is 0 Å². The molecule has 0 unspecified atom stereocenters. The molecule has 0 aliphatic carbocycles. The molecule has 0 atom stereocenters. The van der Waals surface area contributed by atoms with Crippen LogP contribution in [0.25, 0.3) is 0 Å². The molecule has 0 bridgehead atoms. The summed E-state index contributed by atoms with van der Waals surface area (Å²) in [5.74, 6) is 1.45. The number of hydrogen-bond donors (Lipinski definition) is 1. The van der Waals surface area contributed by atoms with Crippen LogP contribution in [0.1, 0.15) is 11.3 Å². The number of benzene rings is 1. The Labute approximate surface area is 117 Å². The number of nitriles is 1. The molecule has 2 rings (SSSR count). The van der Waals surface area contributed by atoms with Gasteiger partial charge in [-0.2, -0.15) is 5.26 Å². The fourth-order valence-corrected chi connectivity index (χ4v) is 1.79. The fraction of sp³-hybridized carbons (Fsp3) is 0.200. The van der Waals surface area contributed by atoms with Crippen molar-refractivity contribution in [3.8, 4) is 17.6 Å². The monoisotopic (exact) mass is 269 g/mol. The molecule has 1 aromatic carbocycles. The quantitative estimate of drug-likeness (QED) is 0.903. The second-order valence-corrected chi connectivity index (χ2v) is 4.08. The summed E-state index contributed by atoms with van der Waals surface area (Å²) in [5.41, 5.74) is 2.25. The van der Waals surface area contributed by atoms with Crippen molar-refractivity contribution in [1.29, 1.82) is 5.26 Å². The van der Waals surface area contributed by atoms with Gasteiger partial charge in [-0.3, -0.25) is 0 Å². The number of aromatic nitrogens is 1. The number of ether oxygens (including phenoxy) is 2. The van der Waals surface area contributed by atoms with Gasteiger partial charge < -0.3 is 14.8 Å². The van der Waals surface area contributed by atoms with E-state index in [-0.39, 0.29) is 0 Å². The molecule has 1 N–H and O–H groups in total. The lowest BCUT2D eigenvalue weighted by atomic mass is 10.2. The first kappa shape index (κ1) is 13.7. The van der Waals surface area contributed by atoms with Crippen LogP contribution < -0.4 is 14.8 Å². The van der Waals surface area contributed by atoms with Crippen LogP contribution >= 0.6 is 0 Å². The minimum absolute atomic E-state index is 0.408. The number of pyridine rings is 1. The van der Waals surface area contributed by atoms with E-state index in [1.165, 1.54) is 0 Å². The third kappa shape index (κ3) is 3.18. The highest BCUT2D eigenvalue weighted by Gasteiger charge is 2.05. The van der Waals surface area contributed by atoms with Gasteiger partial charge in [0.1, 0.15) is 23.3 Å². The van der Waals surface area contributed by atoms with Crippen LogP contribution in [0.15, 0.2) is 36.5 Å². The average molecular weight is 269 g/mol. The second kappa shape index (κ2) is 6.43. The van der Waals surface area contributed by atoms with Gasteiger partial charge in [-0.05, 0) is 29.8 Å². The van der Waals surface area contributed by atoms with E-state index >= 15 is 0 Å². The van der Waals surface area contributed by atoms with Crippen molar-refractivity contribution in [3.63, 3.8) is 0 Å². The maximum atomic E-state index is 8.82. The lowest BCUT2D eigenvalue weighted by molar-refractivity contribution is 0.395. The molecule has 0 saturated carbocycles. The molecule has 5 nitrogen and oxygen atoms in total. The number of rotatable bonds is 5. The number of anilines is 1. The third-order valence-corrected chi connectivity index (χ3v) is 2.83. The van der Waals surface area contributed by atoms with E-state index in [4.69, 9.17) is 14.7 Å². The SMILES string of the molecule is COc1ccc(NCc2ccnc(C#N)c2)c(OC)c1. The van der Waals surface area contributed by atoms with E-state index in [1.54, 1.807) is 26.5 Å². The van der Waals surface area contributed by atoms with Gasteiger partial charge in [0.15, 0.2) is 0 Å². The molecule has 102 valence electrons. The average Bonchev–Trinajstić information content (AvgIpc) is 2.52. The molecule has 1 heterocycles. The number of nitrogens with one attached hydrogen (secondary N) is 1. The Hall–Kier alpha value is -2.74. The Kier molecular flexibility index (Phi) is 4.40. The van der Waals surface area contributed by atoms with Crippen molar-refractivity contribution in [3.05, 3.63) is 47.8 Å². The first-order chi connectivity index (χ1) is 9.76. The van der Waals surface area contributed by atoms with E-state index in [0.717, 1.165) is 17.0 Å². The van der Waals surface area contributed by atoms with E-state index < -0.39 is 0 Å². The van der Waals surface area contributed by atoms with Crippen LogP contribution in [0.5, 0.6) is 11.5 Å². The molecule has 0 spiro atoms. The van der Waals surface area contributed by atoms with E-state index in [1.807, 2.05) is 30.3 Å². The van der Waals surface area contributed by atoms with Crippen LogP contribution in [0.3, 0.4) is 0 Å². The maximum Gasteiger partial charge on any atom is 0.145 e. The predicted molar refractivity (Wildman–Crippen MR) is 75.8 cm³/mol. The van der Waals surface area contributed by atoms with Crippen LogP contribution in [-0.2, 0) is 6.54 Å². The van der Waals surface area contributed by atoms with Gasteiger partial charge in [0, 0.05) is 18.8 Å². The Balaban J connectivity index is 2.12. The largest absolute Gasteiger partial charge is 0.497 e. The molecule has 1 aromatic heterocycles. The molecule has 5 heteroatoms. The predicted octanol–water partition coefficient (Wildman–Crippen LogP) is 2.58. The third-order valence-electron chi connectivity index (χ3n) is 2.83. The zero-order valence-electron chi connectivity index (χ0n) is 11.4. The summed E-state index contributed by atoms with van der Waals surface area (Å²) >= 11 is 0. The number of methoxy groups -OCH3 is 2. The molecule has 0 saturated heterocycles. The molecule has 20 heavy (non-hydrogen) atoms. The number of nitrogens with zero attached hydrogens (tertiary/aromatic N) is 2. The molecule has 0 amide bonds. The van der Waals surface area contributed by atoms with Crippen molar-refractivity contribution in [1.82, 2.24) is 4.98 Å². The van der Waals surface area contributed by atoms with Crippen molar-refractivity contribution >= 4 is 5.69 Å². The molecular weight excluding hydrogens is 254 g/mol. The van der Waals surface area contributed by atoms with Crippen LogP contribution in [0, 0.1) is 11.3 Å². The minimum Gasteiger partial charge on any atom is -0.497 e. The van der Waals surface area contributed by atoms with Gasteiger partial charge in [-0.1, -0.05) is 0 Å².